The molecular weight excluding hydrogens is 270 g/mol. The molecule has 1 N–H and O–H groups in total. The molecule has 0 spiro atoms. The summed E-state index contributed by atoms with van der Waals surface area (Å²) in [5.41, 5.74) is 0.683. The van der Waals surface area contributed by atoms with Crippen LogP contribution in [0.1, 0.15) is 19.8 Å². The van der Waals surface area contributed by atoms with Crippen LogP contribution < -0.4 is 5.32 Å². The summed E-state index contributed by atoms with van der Waals surface area (Å²) in [6.45, 7) is 2.60. The fraction of sp³-hybridized carbons (Fsp3) is 0.462. The quantitative estimate of drug-likeness (QED) is 0.754. The van der Waals surface area contributed by atoms with Gasteiger partial charge in [-0.25, -0.2) is 4.79 Å². The number of thioether (sulfide) groups is 1. The molecule has 0 aliphatic rings. The molecule has 3 nitrogen and oxygen atoms in total. The predicted octanol–water partition coefficient (Wildman–Crippen LogP) is 4.42. The topological polar surface area (TPSA) is 38.3 Å². The number of hydrogen-bond donors (Lipinski definition) is 1. The van der Waals surface area contributed by atoms with Crippen molar-refractivity contribution in [2.75, 3.05) is 23.4 Å². The average Bonchev–Trinajstić information content (AvgIpc) is 2.36. The highest BCUT2D eigenvalue weighted by Gasteiger charge is 2.02. The van der Waals surface area contributed by atoms with Crippen LogP contribution in [0.2, 0.25) is 5.02 Å². The average molecular weight is 288 g/mol. The molecule has 1 rings (SSSR count). The van der Waals surface area contributed by atoms with Crippen molar-refractivity contribution in [1.29, 1.82) is 0 Å². The summed E-state index contributed by atoms with van der Waals surface area (Å²) >= 11 is 7.55. The molecule has 0 radical (unpaired) electrons. The molecule has 0 aliphatic carbocycles. The van der Waals surface area contributed by atoms with Crippen molar-refractivity contribution in [1.82, 2.24) is 0 Å². The Hall–Kier alpha value is -0.870. The van der Waals surface area contributed by atoms with Gasteiger partial charge >= 0.3 is 6.09 Å². The molecule has 0 aromatic heterocycles. The second-order valence-electron chi connectivity index (χ2n) is 3.73. The summed E-state index contributed by atoms with van der Waals surface area (Å²) in [5.74, 6) is 1.96. The van der Waals surface area contributed by atoms with Gasteiger partial charge in [0.05, 0.1) is 0 Å². The van der Waals surface area contributed by atoms with E-state index in [0.717, 1.165) is 11.5 Å². The molecule has 5 heteroatoms. The van der Waals surface area contributed by atoms with Crippen LogP contribution in [0.15, 0.2) is 24.3 Å². The van der Waals surface area contributed by atoms with E-state index in [-0.39, 0.29) is 0 Å². The van der Waals surface area contributed by atoms with Crippen LogP contribution in [0.4, 0.5) is 10.5 Å². The Morgan fingerprint density at radius 3 is 2.72 bits per heavy atom. The minimum absolute atomic E-state index is 0.423. The number of rotatable bonds is 7. The number of anilines is 1. The molecule has 0 atom stereocenters. The summed E-state index contributed by atoms with van der Waals surface area (Å²) in [4.78, 5) is 11.4. The van der Waals surface area contributed by atoms with Crippen molar-refractivity contribution < 1.29 is 9.53 Å². The van der Waals surface area contributed by atoms with E-state index in [1.165, 1.54) is 12.8 Å². The molecule has 1 aromatic carbocycles. The number of hydrogen-bond acceptors (Lipinski definition) is 3. The van der Waals surface area contributed by atoms with Crippen LogP contribution in [-0.4, -0.2) is 24.2 Å². The van der Waals surface area contributed by atoms with E-state index < -0.39 is 6.09 Å². The highest BCUT2D eigenvalue weighted by molar-refractivity contribution is 7.99. The Labute approximate surface area is 117 Å². The van der Waals surface area contributed by atoms with Crippen LogP contribution in [0.3, 0.4) is 0 Å². The molecule has 1 aromatic rings. The summed E-state index contributed by atoms with van der Waals surface area (Å²) in [7, 11) is 0. The van der Waals surface area contributed by atoms with Crippen molar-refractivity contribution in [3.63, 3.8) is 0 Å². The Balaban J connectivity index is 2.12. The van der Waals surface area contributed by atoms with Gasteiger partial charge in [0.25, 0.3) is 0 Å². The van der Waals surface area contributed by atoms with Gasteiger partial charge in [-0.05, 0) is 36.4 Å². The van der Waals surface area contributed by atoms with E-state index in [4.69, 9.17) is 16.3 Å². The van der Waals surface area contributed by atoms with Gasteiger partial charge < -0.3 is 4.74 Å². The molecule has 0 saturated carbocycles. The molecule has 0 saturated heterocycles. The zero-order valence-corrected chi connectivity index (χ0v) is 12.0. The van der Waals surface area contributed by atoms with E-state index in [2.05, 4.69) is 12.2 Å². The van der Waals surface area contributed by atoms with E-state index in [0.29, 0.717) is 17.3 Å². The zero-order valence-electron chi connectivity index (χ0n) is 10.4. The Morgan fingerprint density at radius 2 is 2.06 bits per heavy atom. The number of benzene rings is 1. The van der Waals surface area contributed by atoms with E-state index in [9.17, 15) is 4.79 Å². The number of unbranched alkanes of at least 4 members (excludes halogenated alkanes) is 1. The van der Waals surface area contributed by atoms with Crippen molar-refractivity contribution in [2.45, 2.75) is 19.8 Å². The second kappa shape index (κ2) is 9.11. The number of carbonyl (C=O) groups excluding carboxylic acids is 1. The second-order valence-corrected chi connectivity index (χ2v) is 5.39. The maximum Gasteiger partial charge on any atom is 0.411 e. The lowest BCUT2D eigenvalue weighted by Gasteiger charge is -2.06. The SMILES string of the molecule is CCCCSCCOC(=O)Nc1ccc(Cl)cc1. The van der Waals surface area contributed by atoms with Crippen LogP contribution in [0.5, 0.6) is 0 Å². The summed E-state index contributed by atoms with van der Waals surface area (Å²) < 4.78 is 5.05. The molecule has 0 unspecified atom stereocenters. The number of ether oxygens (including phenoxy) is 1. The van der Waals surface area contributed by atoms with Crippen LogP contribution >= 0.6 is 23.4 Å². The third-order valence-corrected chi connectivity index (χ3v) is 3.48. The maximum atomic E-state index is 11.4. The van der Waals surface area contributed by atoms with Crippen LogP contribution in [0.25, 0.3) is 0 Å². The number of carbonyl (C=O) groups is 1. The first kappa shape index (κ1) is 15.2. The fourth-order valence-electron chi connectivity index (χ4n) is 1.23. The van der Waals surface area contributed by atoms with Crippen molar-refractivity contribution in [3.05, 3.63) is 29.3 Å². The van der Waals surface area contributed by atoms with Crippen molar-refractivity contribution >= 4 is 35.1 Å². The molecule has 100 valence electrons. The molecule has 0 bridgehead atoms. The van der Waals surface area contributed by atoms with Gasteiger partial charge in [0.1, 0.15) is 6.61 Å². The first-order valence-corrected chi connectivity index (χ1v) is 7.52. The van der Waals surface area contributed by atoms with E-state index in [1.807, 2.05) is 0 Å². The van der Waals surface area contributed by atoms with Gasteiger partial charge in [-0.3, -0.25) is 5.32 Å². The Morgan fingerprint density at radius 1 is 1.33 bits per heavy atom. The van der Waals surface area contributed by atoms with E-state index >= 15 is 0 Å². The molecule has 0 aliphatic heterocycles. The van der Waals surface area contributed by atoms with Gasteiger partial charge in [-0.2, -0.15) is 11.8 Å². The standard InChI is InChI=1S/C13H18ClNO2S/c1-2-3-9-18-10-8-17-13(16)15-12-6-4-11(14)5-7-12/h4-7H,2-3,8-10H2,1H3,(H,15,16). The lowest BCUT2D eigenvalue weighted by Crippen LogP contribution is -2.15. The van der Waals surface area contributed by atoms with Gasteiger partial charge in [0, 0.05) is 16.5 Å². The van der Waals surface area contributed by atoms with Crippen LogP contribution in [-0.2, 0) is 4.74 Å². The molecular formula is C13H18ClNO2S. The first-order valence-electron chi connectivity index (χ1n) is 5.99. The lowest BCUT2D eigenvalue weighted by atomic mass is 10.3. The third kappa shape index (κ3) is 6.77. The lowest BCUT2D eigenvalue weighted by molar-refractivity contribution is 0.169. The Kier molecular flexibility index (Phi) is 7.69. The largest absolute Gasteiger partial charge is 0.448 e. The monoisotopic (exact) mass is 287 g/mol. The van der Waals surface area contributed by atoms with Gasteiger partial charge in [-0.15, -0.1) is 0 Å². The number of halogens is 1. The zero-order chi connectivity index (χ0) is 13.2. The molecule has 1 amide bonds. The predicted molar refractivity (Wildman–Crippen MR) is 78.7 cm³/mol. The van der Waals surface area contributed by atoms with Gasteiger partial charge in [0.2, 0.25) is 0 Å². The molecule has 0 fully saturated rings. The maximum absolute atomic E-state index is 11.4. The molecule has 0 heterocycles. The third-order valence-electron chi connectivity index (χ3n) is 2.19. The van der Waals surface area contributed by atoms with Crippen molar-refractivity contribution in [3.8, 4) is 0 Å². The minimum atomic E-state index is -0.423. The van der Waals surface area contributed by atoms with Gasteiger partial charge in [-0.1, -0.05) is 24.9 Å². The summed E-state index contributed by atoms with van der Waals surface area (Å²) in [6, 6.07) is 6.91. The minimum Gasteiger partial charge on any atom is -0.448 e. The number of amides is 1. The fourth-order valence-corrected chi connectivity index (χ4v) is 2.25. The number of nitrogens with one attached hydrogen (secondary N) is 1. The van der Waals surface area contributed by atoms with Crippen LogP contribution in [0, 0.1) is 0 Å². The van der Waals surface area contributed by atoms with E-state index in [1.54, 1.807) is 36.0 Å². The molecule has 18 heavy (non-hydrogen) atoms. The van der Waals surface area contributed by atoms with Crippen molar-refractivity contribution in [2.24, 2.45) is 0 Å². The Bertz CT molecular complexity index is 357. The summed E-state index contributed by atoms with van der Waals surface area (Å²) in [6.07, 6.45) is 1.99. The smallest absolute Gasteiger partial charge is 0.411 e. The highest BCUT2D eigenvalue weighted by Crippen LogP contribution is 2.13. The highest BCUT2D eigenvalue weighted by atomic mass is 35.5. The first-order chi connectivity index (χ1) is 8.72. The normalized spacial score (nSPS) is 10.1. The van der Waals surface area contributed by atoms with Gasteiger partial charge in [0.15, 0.2) is 0 Å². The summed E-state index contributed by atoms with van der Waals surface area (Å²) in [5, 5.41) is 3.28.